The molecule has 1 N–H and O–H groups in total. The van der Waals surface area contributed by atoms with Crippen LogP contribution in [-0.4, -0.2) is 11.5 Å². The van der Waals surface area contributed by atoms with Crippen molar-refractivity contribution in [3.05, 3.63) is 35.4 Å². The van der Waals surface area contributed by atoms with Crippen molar-refractivity contribution in [3.63, 3.8) is 0 Å². The van der Waals surface area contributed by atoms with E-state index in [1.54, 1.807) is 0 Å². The molecular formula is C11H11ClN2. The van der Waals surface area contributed by atoms with Gasteiger partial charge in [0.2, 0.25) is 0 Å². The maximum Gasteiger partial charge on any atom is 0.126 e. The topological polar surface area (TPSA) is 24.9 Å². The summed E-state index contributed by atoms with van der Waals surface area (Å²) in [7, 11) is 0. The molecule has 2 nitrogen and oxygen atoms in total. The Bertz CT molecular complexity index is 454. The van der Waals surface area contributed by atoms with Gasteiger partial charge in [-0.3, -0.25) is 0 Å². The number of anilines is 1. The van der Waals surface area contributed by atoms with E-state index < -0.39 is 0 Å². The first-order chi connectivity index (χ1) is 6.79. The summed E-state index contributed by atoms with van der Waals surface area (Å²) in [6.45, 7) is 2.93. The molecule has 0 atom stereocenters. The molecule has 3 heteroatoms. The maximum absolute atomic E-state index is 5.88. The summed E-state index contributed by atoms with van der Waals surface area (Å²) in [5, 5.41) is 4.98. The van der Waals surface area contributed by atoms with Crippen LogP contribution in [0.25, 0.3) is 10.9 Å². The molecule has 0 saturated carbocycles. The Morgan fingerprint density at radius 1 is 1.29 bits per heavy atom. The van der Waals surface area contributed by atoms with Crippen molar-refractivity contribution in [2.45, 2.75) is 6.92 Å². The molecule has 1 aromatic carbocycles. The maximum atomic E-state index is 5.88. The summed E-state index contributed by atoms with van der Waals surface area (Å²) < 4.78 is 0. The van der Waals surface area contributed by atoms with Crippen LogP contribution in [-0.2, 0) is 0 Å². The Hall–Kier alpha value is -1.28. The van der Waals surface area contributed by atoms with Crippen molar-refractivity contribution in [1.29, 1.82) is 0 Å². The van der Waals surface area contributed by atoms with Crippen molar-refractivity contribution in [1.82, 2.24) is 4.98 Å². The fourth-order valence-corrected chi connectivity index (χ4v) is 1.56. The van der Waals surface area contributed by atoms with E-state index in [-0.39, 0.29) is 0 Å². The Morgan fingerprint density at radius 2 is 2.14 bits per heavy atom. The number of rotatable bonds is 2. The largest absolute Gasteiger partial charge is 0.370 e. The van der Waals surface area contributed by atoms with Gasteiger partial charge in [0, 0.05) is 17.0 Å². The van der Waals surface area contributed by atoms with Crippen LogP contribution in [0.3, 0.4) is 0 Å². The second-order valence-electron chi connectivity index (χ2n) is 3.06. The fourth-order valence-electron chi connectivity index (χ4n) is 1.38. The minimum Gasteiger partial charge on any atom is -0.370 e. The van der Waals surface area contributed by atoms with Gasteiger partial charge in [0.05, 0.1) is 5.52 Å². The smallest absolute Gasteiger partial charge is 0.126 e. The second kappa shape index (κ2) is 3.84. The summed E-state index contributed by atoms with van der Waals surface area (Å²) in [6, 6.07) is 9.68. The van der Waals surface area contributed by atoms with E-state index in [1.807, 2.05) is 37.3 Å². The van der Waals surface area contributed by atoms with Crippen LogP contribution in [0, 0.1) is 0 Å². The number of fused-ring (bicyclic) bond motifs is 1. The molecule has 1 aromatic heterocycles. The normalized spacial score (nSPS) is 10.4. The van der Waals surface area contributed by atoms with Crippen molar-refractivity contribution in [2.24, 2.45) is 0 Å². The molecule has 0 spiro atoms. The van der Waals surface area contributed by atoms with E-state index in [1.165, 1.54) is 0 Å². The lowest BCUT2D eigenvalue weighted by Gasteiger charge is -2.03. The lowest BCUT2D eigenvalue weighted by Crippen LogP contribution is -1.98. The molecule has 2 aromatic rings. The van der Waals surface area contributed by atoms with E-state index in [9.17, 15) is 0 Å². The van der Waals surface area contributed by atoms with Gasteiger partial charge in [0.25, 0.3) is 0 Å². The number of hydrogen-bond donors (Lipinski definition) is 1. The number of hydrogen-bond acceptors (Lipinski definition) is 2. The van der Waals surface area contributed by atoms with Crippen LogP contribution in [0.5, 0.6) is 0 Å². The van der Waals surface area contributed by atoms with Crippen LogP contribution >= 0.6 is 11.6 Å². The highest BCUT2D eigenvalue weighted by Gasteiger charge is 1.97. The molecule has 0 amide bonds. The number of benzene rings is 1. The van der Waals surface area contributed by atoms with Gasteiger partial charge in [-0.1, -0.05) is 11.6 Å². The van der Waals surface area contributed by atoms with Gasteiger partial charge in [-0.15, -0.1) is 0 Å². The summed E-state index contributed by atoms with van der Waals surface area (Å²) >= 11 is 5.88. The lowest BCUT2D eigenvalue weighted by atomic mass is 10.2. The van der Waals surface area contributed by atoms with Crippen LogP contribution < -0.4 is 5.32 Å². The van der Waals surface area contributed by atoms with E-state index in [0.29, 0.717) is 0 Å². The molecule has 0 aliphatic carbocycles. The third-order valence-corrected chi connectivity index (χ3v) is 2.24. The van der Waals surface area contributed by atoms with E-state index >= 15 is 0 Å². The predicted molar refractivity (Wildman–Crippen MR) is 60.9 cm³/mol. The Morgan fingerprint density at radius 3 is 2.93 bits per heavy atom. The highest BCUT2D eigenvalue weighted by Crippen LogP contribution is 2.19. The molecular weight excluding hydrogens is 196 g/mol. The standard InChI is InChI=1S/C11H11ClN2/c1-2-13-11-6-3-8-7-9(12)4-5-10(8)14-11/h3-7H,2H2,1H3,(H,13,14). The molecule has 0 fully saturated rings. The highest BCUT2D eigenvalue weighted by atomic mass is 35.5. The third-order valence-electron chi connectivity index (χ3n) is 2.01. The molecule has 0 aliphatic rings. The van der Waals surface area contributed by atoms with Crippen molar-refractivity contribution < 1.29 is 0 Å². The second-order valence-corrected chi connectivity index (χ2v) is 3.50. The summed E-state index contributed by atoms with van der Waals surface area (Å²) in [6.07, 6.45) is 0. The minimum absolute atomic E-state index is 0.746. The SMILES string of the molecule is CCNc1ccc2cc(Cl)ccc2n1. The van der Waals surface area contributed by atoms with E-state index in [0.717, 1.165) is 28.3 Å². The number of pyridine rings is 1. The molecule has 0 radical (unpaired) electrons. The molecule has 14 heavy (non-hydrogen) atoms. The summed E-state index contributed by atoms with van der Waals surface area (Å²) in [5.41, 5.74) is 0.966. The van der Waals surface area contributed by atoms with Crippen LogP contribution in [0.2, 0.25) is 5.02 Å². The Kier molecular flexibility index (Phi) is 2.55. The van der Waals surface area contributed by atoms with Crippen LogP contribution in [0.4, 0.5) is 5.82 Å². The van der Waals surface area contributed by atoms with Gasteiger partial charge in [-0.05, 0) is 37.3 Å². The number of nitrogens with one attached hydrogen (secondary N) is 1. The molecule has 0 bridgehead atoms. The molecule has 2 rings (SSSR count). The minimum atomic E-state index is 0.746. The quantitative estimate of drug-likeness (QED) is 0.816. The van der Waals surface area contributed by atoms with Gasteiger partial charge >= 0.3 is 0 Å². The summed E-state index contributed by atoms with van der Waals surface area (Å²) in [4.78, 5) is 4.44. The van der Waals surface area contributed by atoms with Crippen molar-refractivity contribution >= 4 is 28.3 Å². The first-order valence-electron chi connectivity index (χ1n) is 4.60. The highest BCUT2D eigenvalue weighted by molar-refractivity contribution is 6.31. The van der Waals surface area contributed by atoms with Crippen LogP contribution in [0.1, 0.15) is 6.92 Å². The zero-order chi connectivity index (χ0) is 9.97. The monoisotopic (exact) mass is 206 g/mol. The average molecular weight is 207 g/mol. The van der Waals surface area contributed by atoms with Gasteiger partial charge in [0.15, 0.2) is 0 Å². The Balaban J connectivity index is 2.50. The predicted octanol–water partition coefficient (Wildman–Crippen LogP) is 3.32. The van der Waals surface area contributed by atoms with Crippen molar-refractivity contribution in [2.75, 3.05) is 11.9 Å². The molecule has 1 heterocycles. The third kappa shape index (κ3) is 1.80. The first kappa shape index (κ1) is 9.28. The van der Waals surface area contributed by atoms with Gasteiger partial charge in [-0.2, -0.15) is 0 Å². The molecule has 0 saturated heterocycles. The molecule has 0 unspecified atom stereocenters. The van der Waals surface area contributed by atoms with Crippen molar-refractivity contribution in [3.8, 4) is 0 Å². The zero-order valence-corrected chi connectivity index (χ0v) is 8.67. The summed E-state index contributed by atoms with van der Waals surface area (Å²) in [5.74, 6) is 0.905. The van der Waals surface area contributed by atoms with Gasteiger partial charge in [-0.25, -0.2) is 4.98 Å². The molecule has 72 valence electrons. The number of nitrogens with zero attached hydrogens (tertiary/aromatic N) is 1. The number of halogens is 1. The number of aromatic nitrogens is 1. The van der Waals surface area contributed by atoms with Gasteiger partial charge in [0.1, 0.15) is 5.82 Å². The van der Waals surface area contributed by atoms with E-state index in [4.69, 9.17) is 11.6 Å². The first-order valence-corrected chi connectivity index (χ1v) is 4.97. The zero-order valence-electron chi connectivity index (χ0n) is 7.92. The lowest BCUT2D eigenvalue weighted by molar-refractivity contribution is 1.17. The fraction of sp³-hybridized carbons (Fsp3) is 0.182. The van der Waals surface area contributed by atoms with Crippen LogP contribution in [0.15, 0.2) is 30.3 Å². The van der Waals surface area contributed by atoms with Gasteiger partial charge < -0.3 is 5.32 Å². The Labute approximate surface area is 87.9 Å². The van der Waals surface area contributed by atoms with E-state index in [2.05, 4.69) is 10.3 Å². The molecule has 0 aliphatic heterocycles. The average Bonchev–Trinajstić information content (AvgIpc) is 2.19.